The largest absolute Gasteiger partial charge is 0.469 e. The van der Waals surface area contributed by atoms with Crippen molar-refractivity contribution < 1.29 is 14.3 Å². The lowest BCUT2D eigenvalue weighted by Crippen LogP contribution is -2.54. The molecule has 0 amide bonds. The fourth-order valence-corrected chi connectivity index (χ4v) is 2.49. The van der Waals surface area contributed by atoms with Crippen molar-refractivity contribution in [3.8, 4) is 0 Å². The molecule has 1 rings (SSSR count). The summed E-state index contributed by atoms with van der Waals surface area (Å²) in [4.78, 5) is 11.5. The fraction of sp³-hybridized carbons (Fsp3) is 0.923. The predicted molar refractivity (Wildman–Crippen MR) is 66.9 cm³/mol. The highest BCUT2D eigenvalue weighted by Gasteiger charge is 2.39. The Morgan fingerprint density at radius 1 is 1.59 bits per heavy atom. The zero-order valence-corrected chi connectivity index (χ0v) is 11.4. The molecule has 2 atom stereocenters. The van der Waals surface area contributed by atoms with Crippen LogP contribution in [0.25, 0.3) is 0 Å². The van der Waals surface area contributed by atoms with E-state index in [-0.39, 0.29) is 17.6 Å². The van der Waals surface area contributed by atoms with Crippen molar-refractivity contribution in [2.45, 2.75) is 51.7 Å². The zero-order chi connectivity index (χ0) is 12.9. The van der Waals surface area contributed by atoms with Crippen molar-refractivity contribution in [2.75, 3.05) is 20.3 Å². The van der Waals surface area contributed by atoms with Gasteiger partial charge in [-0.25, -0.2) is 0 Å². The molecule has 0 saturated carbocycles. The Bertz CT molecular complexity index is 251. The summed E-state index contributed by atoms with van der Waals surface area (Å²) in [5, 5.41) is 3.47. The molecule has 100 valence electrons. The Balaban J connectivity index is 2.72. The molecule has 4 nitrogen and oxygen atoms in total. The molecule has 1 aliphatic heterocycles. The SMILES string of the molecule is CCNC1(CC(=O)OC)CCOC(C(C)C)C1. The molecule has 0 aliphatic carbocycles. The number of methoxy groups -OCH3 is 1. The Morgan fingerprint density at radius 3 is 2.82 bits per heavy atom. The van der Waals surface area contributed by atoms with Gasteiger partial charge in [0.2, 0.25) is 0 Å². The van der Waals surface area contributed by atoms with Crippen LogP contribution in [0, 0.1) is 5.92 Å². The highest BCUT2D eigenvalue weighted by atomic mass is 16.5. The summed E-state index contributed by atoms with van der Waals surface area (Å²) in [5.74, 6) is 0.335. The minimum atomic E-state index is -0.144. The van der Waals surface area contributed by atoms with Crippen LogP contribution in [0.2, 0.25) is 0 Å². The standard InChI is InChI=1S/C13H25NO3/c1-5-14-13(9-12(15)16-4)6-7-17-11(8-13)10(2)3/h10-11,14H,5-9H2,1-4H3. The molecule has 0 aromatic rings. The molecule has 1 saturated heterocycles. The molecule has 0 radical (unpaired) electrons. The van der Waals surface area contributed by atoms with E-state index < -0.39 is 0 Å². The van der Waals surface area contributed by atoms with Crippen molar-refractivity contribution in [2.24, 2.45) is 5.92 Å². The fourth-order valence-electron chi connectivity index (χ4n) is 2.49. The highest BCUT2D eigenvalue weighted by Crippen LogP contribution is 2.31. The van der Waals surface area contributed by atoms with Crippen LogP contribution in [0.1, 0.15) is 40.0 Å². The first-order valence-electron chi connectivity index (χ1n) is 6.46. The van der Waals surface area contributed by atoms with Gasteiger partial charge in [0, 0.05) is 12.1 Å². The molecular formula is C13H25NO3. The summed E-state index contributed by atoms with van der Waals surface area (Å²) in [6, 6.07) is 0. The van der Waals surface area contributed by atoms with Crippen LogP contribution in [0.3, 0.4) is 0 Å². The maximum atomic E-state index is 11.5. The van der Waals surface area contributed by atoms with E-state index in [0.717, 1.165) is 19.4 Å². The summed E-state index contributed by atoms with van der Waals surface area (Å²) < 4.78 is 10.6. The van der Waals surface area contributed by atoms with E-state index in [1.807, 2.05) is 0 Å². The van der Waals surface area contributed by atoms with E-state index in [9.17, 15) is 4.79 Å². The van der Waals surface area contributed by atoms with Gasteiger partial charge in [-0.2, -0.15) is 0 Å². The summed E-state index contributed by atoms with van der Waals surface area (Å²) in [6.45, 7) is 7.96. The third-order valence-electron chi connectivity index (χ3n) is 3.51. The topological polar surface area (TPSA) is 47.6 Å². The molecule has 1 heterocycles. The molecule has 0 aromatic carbocycles. The van der Waals surface area contributed by atoms with Gasteiger partial charge in [-0.15, -0.1) is 0 Å². The summed E-state index contributed by atoms with van der Waals surface area (Å²) in [6.07, 6.45) is 2.42. The number of esters is 1. The normalized spacial score (nSPS) is 29.4. The van der Waals surface area contributed by atoms with Crippen LogP contribution < -0.4 is 5.32 Å². The smallest absolute Gasteiger partial charge is 0.307 e. The Labute approximate surface area is 104 Å². The van der Waals surface area contributed by atoms with Gasteiger partial charge in [0.05, 0.1) is 19.6 Å². The van der Waals surface area contributed by atoms with Crippen LogP contribution in [0.5, 0.6) is 0 Å². The quantitative estimate of drug-likeness (QED) is 0.747. The summed E-state index contributed by atoms with van der Waals surface area (Å²) >= 11 is 0. The van der Waals surface area contributed by atoms with E-state index in [0.29, 0.717) is 18.9 Å². The van der Waals surface area contributed by atoms with E-state index in [2.05, 4.69) is 26.1 Å². The number of hydrogen-bond acceptors (Lipinski definition) is 4. The van der Waals surface area contributed by atoms with Crippen molar-refractivity contribution in [3.63, 3.8) is 0 Å². The van der Waals surface area contributed by atoms with E-state index in [1.165, 1.54) is 7.11 Å². The van der Waals surface area contributed by atoms with Gasteiger partial charge in [0.25, 0.3) is 0 Å². The van der Waals surface area contributed by atoms with Crippen molar-refractivity contribution in [3.05, 3.63) is 0 Å². The molecule has 0 aromatic heterocycles. The number of carbonyl (C=O) groups is 1. The van der Waals surface area contributed by atoms with Gasteiger partial charge < -0.3 is 14.8 Å². The van der Waals surface area contributed by atoms with E-state index in [1.54, 1.807) is 0 Å². The third-order valence-corrected chi connectivity index (χ3v) is 3.51. The minimum absolute atomic E-state index is 0.143. The molecule has 0 bridgehead atoms. The van der Waals surface area contributed by atoms with Crippen LogP contribution in [0.15, 0.2) is 0 Å². The molecule has 2 unspecified atom stereocenters. The number of carbonyl (C=O) groups excluding carboxylic acids is 1. The second-order valence-corrected chi connectivity index (χ2v) is 5.17. The van der Waals surface area contributed by atoms with Crippen molar-refractivity contribution >= 4 is 5.97 Å². The zero-order valence-electron chi connectivity index (χ0n) is 11.4. The first-order valence-corrected chi connectivity index (χ1v) is 6.46. The number of hydrogen-bond donors (Lipinski definition) is 1. The summed E-state index contributed by atoms with van der Waals surface area (Å²) in [5.41, 5.74) is -0.144. The number of rotatable bonds is 5. The second kappa shape index (κ2) is 6.36. The third kappa shape index (κ3) is 3.96. The van der Waals surface area contributed by atoms with Crippen LogP contribution >= 0.6 is 0 Å². The number of nitrogens with one attached hydrogen (secondary N) is 1. The van der Waals surface area contributed by atoms with Crippen LogP contribution in [-0.4, -0.2) is 37.9 Å². The lowest BCUT2D eigenvalue weighted by molar-refractivity contribution is -0.144. The molecule has 1 aliphatic rings. The van der Waals surface area contributed by atoms with Gasteiger partial charge in [-0.05, 0) is 25.3 Å². The average molecular weight is 243 g/mol. The van der Waals surface area contributed by atoms with Gasteiger partial charge in [0.1, 0.15) is 0 Å². The van der Waals surface area contributed by atoms with Crippen LogP contribution in [0.4, 0.5) is 0 Å². The Hall–Kier alpha value is -0.610. The first kappa shape index (κ1) is 14.5. The molecular weight excluding hydrogens is 218 g/mol. The first-order chi connectivity index (χ1) is 8.03. The molecule has 4 heteroatoms. The Kier molecular flexibility index (Phi) is 5.40. The molecule has 0 spiro atoms. The summed E-state index contributed by atoms with van der Waals surface area (Å²) in [7, 11) is 1.45. The molecule has 1 N–H and O–H groups in total. The number of ether oxygens (including phenoxy) is 2. The molecule has 1 fully saturated rings. The van der Waals surface area contributed by atoms with Gasteiger partial charge >= 0.3 is 5.97 Å². The predicted octanol–water partition coefficient (Wildman–Crippen LogP) is 1.73. The monoisotopic (exact) mass is 243 g/mol. The lowest BCUT2D eigenvalue weighted by atomic mass is 9.80. The van der Waals surface area contributed by atoms with Crippen molar-refractivity contribution in [1.82, 2.24) is 5.32 Å². The second-order valence-electron chi connectivity index (χ2n) is 5.17. The van der Waals surface area contributed by atoms with Crippen LogP contribution in [-0.2, 0) is 14.3 Å². The minimum Gasteiger partial charge on any atom is -0.469 e. The molecule has 17 heavy (non-hydrogen) atoms. The van der Waals surface area contributed by atoms with Gasteiger partial charge in [-0.3, -0.25) is 4.79 Å². The van der Waals surface area contributed by atoms with E-state index in [4.69, 9.17) is 9.47 Å². The lowest BCUT2D eigenvalue weighted by Gasteiger charge is -2.42. The maximum absolute atomic E-state index is 11.5. The Morgan fingerprint density at radius 2 is 2.29 bits per heavy atom. The maximum Gasteiger partial charge on any atom is 0.307 e. The van der Waals surface area contributed by atoms with E-state index >= 15 is 0 Å². The van der Waals surface area contributed by atoms with Gasteiger partial charge in [0.15, 0.2) is 0 Å². The average Bonchev–Trinajstić information content (AvgIpc) is 2.29. The highest BCUT2D eigenvalue weighted by molar-refractivity contribution is 5.70. The van der Waals surface area contributed by atoms with Crippen molar-refractivity contribution in [1.29, 1.82) is 0 Å². The van der Waals surface area contributed by atoms with Gasteiger partial charge in [-0.1, -0.05) is 20.8 Å².